The lowest BCUT2D eigenvalue weighted by Crippen LogP contribution is -2.39. The fourth-order valence-electron chi connectivity index (χ4n) is 4.68. The van der Waals surface area contributed by atoms with E-state index < -0.39 is 11.8 Å². The van der Waals surface area contributed by atoms with Crippen LogP contribution in [0.25, 0.3) is 0 Å². The largest absolute Gasteiger partial charge is 0.497 e. The second-order valence-corrected chi connectivity index (χ2v) is 8.26. The normalized spacial score (nSPS) is 20.4. The number of ether oxygens (including phenoxy) is 2. The molecule has 1 N–H and O–H groups in total. The molecule has 2 atom stereocenters. The molecular weight excluding hydrogens is 404 g/mol. The number of allylic oxidation sites excluding steroid dienone is 2. The van der Waals surface area contributed by atoms with E-state index in [9.17, 15) is 9.59 Å². The first-order valence-corrected chi connectivity index (χ1v) is 10.8. The van der Waals surface area contributed by atoms with Crippen LogP contribution in [0.15, 0.2) is 58.7 Å². The van der Waals surface area contributed by atoms with E-state index in [1.165, 1.54) is 0 Å². The van der Waals surface area contributed by atoms with E-state index in [-0.39, 0.29) is 11.7 Å². The maximum Gasteiger partial charge on any atom is 0.234 e. The second-order valence-electron chi connectivity index (χ2n) is 8.26. The van der Waals surface area contributed by atoms with Gasteiger partial charge in [0.2, 0.25) is 5.91 Å². The summed E-state index contributed by atoms with van der Waals surface area (Å²) in [5.41, 5.74) is 4.64. The third kappa shape index (κ3) is 3.93. The van der Waals surface area contributed by atoms with Crippen LogP contribution in [-0.2, 0) is 9.59 Å². The Labute approximate surface area is 188 Å². The highest BCUT2D eigenvalue weighted by Crippen LogP contribution is 2.46. The third-order valence-corrected chi connectivity index (χ3v) is 6.30. The number of anilines is 1. The van der Waals surface area contributed by atoms with Crippen LogP contribution in [0.4, 0.5) is 5.69 Å². The van der Waals surface area contributed by atoms with Gasteiger partial charge in [-0.15, -0.1) is 0 Å². The first-order chi connectivity index (χ1) is 15.4. The fraction of sp³-hybridized carbons (Fsp3) is 0.346. The first kappa shape index (κ1) is 21.8. The molecule has 6 heteroatoms. The summed E-state index contributed by atoms with van der Waals surface area (Å²) in [4.78, 5) is 31.5. The standard InChI is InChI=1S/C26H28N2O4/c1-15-8-5-6-9-19(15)28-26(30)23-16(2)27-20-10-7-11-21(29)25(20)24(23)18-13-12-17(31-3)14-22(18)32-4/h5-6,8-9,12-14,23-24H,7,10-11H2,1-4H3,(H,28,30)/t23?,24-/m0/s1. The smallest absolute Gasteiger partial charge is 0.234 e. The summed E-state index contributed by atoms with van der Waals surface area (Å²) in [5, 5.41) is 3.06. The van der Waals surface area contributed by atoms with Crippen molar-refractivity contribution in [2.75, 3.05) is 19.5 Å². The number of benzene rings is 2. The van der Waals surface area contributed by atoms with Crippen molar-refractivity contribution in [3.05, 3.63) is 64.9 Å². The highest BCUT2D eigenvalue weighted by molar-refractivity contribution is 6.13. The molecule has 32 heavy (non-hydrogen) atoms. The summed E-state index contributed by atoms with van der Waals surface area (Å²) < 4.78 is 11.0. The van der Waals surface area contributed by atoms with Crippen LogP contribution in [0.2, 0.25) is 0 Å². The van der Waals surface area contributed by atoms with Crippen LogP contribution in [0.1, 0.15) is 43.2 Å². The van der Waals surface area contributed by atoms with E-state index in [0.717, 1.165) is 35.4 Å². The first-order valence-electron chi connectivity index (χ1n) is 10.8. The van der Waals surface area contributed by atoms with Crippen LogP contribution in [-0.4, -0.2) is 31.6 Å². The minimum Gasteiger partial charge on any atom is -0.497 e. The molecule has 1 aliphatic heterocycles. The minimum atomic E-state index is -0.627. The van der Waals surface area contributed by atoms with Crippen LogP contribution in [0.3, 0.4) is 0 Å². The second kappa shape index (κ2) is 8.99. The summed E-state index contributed by atoms with van der Waals surface area (Å²) >= 11 is 0. The van der Waals surface area contributed by atoms with Crippen molar-refractivity contribution in [2.24, 2.45) is 10.9 Å². The molecule has 2 aliphatic rings. The number of carbonyl (C=O) groups is 2. The number of hydrogen-bond acceptors (Lipinski definition) is 5. The zero-order valence-corrected chi connectivity index (χ0v) is 18.9. The molecule has 0 bridgehead atoms. The Morgan fingerprint density at radius 1 is 1.06 bits per heavy atom. The SMILES string of the molecule is COc1ccc([C@@H]2C3=C(CCCC3=O)N=C(C)C2C(=O)Nc2ccccc2C)c(OC)c1. The molecule has 2 aromatic rings. The predicted molar refractivity (Wildman–Crippen MR) is 125 cm³/mol. The summed E-state index contributed by atoms with van der Waals surface area (Å²) in [6.45, 7) is 3.82. The molecule has 0 spiro atoms. The van der Waals surface area contributed by atoms with E-state index in [2.05, 4.69) is 5.32 Å². The molecule has 4 rings (SSSR count). The number of Topliss-reactive ketones (excluding diaryl/α,β-unsaturated/α-hetero) is 1. The maximum absolute atomic E-state index is 13.6. The van der Waals surface area contributed by atoms with Crippen molar-refractivity contribution in [2.45, 2.75) is 39.0 Å². The van der Waals surface area contributed by atoms with Crippen LogP contribution >= 0.6 is 0 Å². The summed E-state index contributed by atoms with van der Waals surface area (Å²) in [5.74, 6) is 0.00475. The van der Waals surface area contributed by atoms with Gasteiger partial charge < -0.3 is 14.8 Å². The van der Waals surface area contributed by atoms with Gasteiger partial charge >= 0.3 is 0 Å². The molecule has 2 aromatic carbocycles. The number of hydrogen-bond donors (Lipinski definition) is 1. The zero-order chi connectivity index (χ0) is 22.8. The van der Waals surface area contributed by atoms with Gasteiger partial charge in [-0.05, 0) is 44.4 Å². The van der Waals surface area contributed by atoms with Gasteiger partial charge in [0.25, 0.3) is 0 Å². The van der Waals surface area contributed by atoms with Gasteiger partial charge in [-0.3, -0.25) is 14.6 Å². The van der Waals surface area contributed by atoms with E-state index in [0.29, 0.717) is 29.2 Å². The number of ketones is 1. The van der Waals surface area contributed by atoms with Gasteiger partial charge in [0.1, 0.15) is 11.5 Å². The van der Waals surface area contributed by atoms with Gasteiger partial charge in [0, 0.05) is 46.6 Å². The highest BCUT2D eigenvalue weighted by Gasteiger charge is 2.43. The Balaban J connectivity index is 1.84. The monoisotopic (exact) mass is 432 g/mol. The summed E-state index contributed by atoms with van der Waals surface area (Å²) in [6.07, 6.45) is 1.98. The van der Waals surface area contributed by atoms with Crippen molar-refractivity contribution in [3.63, 3.8) is 0 Å². The Kier molecular flexibility index (Phi) is 6.12. The Morgan fingerprint density at radius 2 is 1.84 bits per heavy atom. The van der Waals surface area contributed by atoms with Crippen molar-refractivity contribution in [1.82, 2.24) is 0 Å². The number of rotatable bonds is 5. The zero-order valence-electron chi connectivity index (χ0n) is 18.9. The molecule has 1 heterocycles. The van der Waals surface area contributed by atoms with E-state index >= 15 is 0 Å². The van der Waals surface area contributed by atoms with Gasteiger partial charge in [-0.2, -0.15) is 0 Å². The quantitative estimate of drug-likeness (QED) is 0.734. The van der Waals surface area contributed by atoms with E-state index in [4.69, 9.17) is 14.5 Å². The predicted octanol–water partition coefficient (Wildman–Crippen LogP) is 4.83. The summed E-state index contributed by atoms with van der Waals surface area (Å²) in [7, 11) is 3.18. The molecule has 1 unspecified atom stereocenters. The number of aryl methyl sites for hydroxylation is 1. The van der Waals surface area contributed by atoms with Gasteiger partial charge in [-0.1, -0.05) is 24.3 Å². The van der Waals surface area contributed by atoms with Gasteiger partial charge in [0.15, 0.2) is 5.78 Å². The van der Waals surface area contributed by atoms with E-state index in [1.807, 2.05) is 50.2 Å². The molecule has 0 fully saturated rings. The third-order valence-electron chi connectivity index (χ3n) is 6.30. The van der Waals surface area contributed by atoms with Crippen molar-refractivity contribution < 1.29 is 19.1 Å². The molecule has 0 saturated carbocycles. The van der Waals surface area contributed by atoms with E-state index in [1.54, 1.807) is 20.3 Å². The lowest BCUT2D eigenvalue weighted by molar-refractivity contribution is -0.119. The number of nitrogens with one attached hydrogen (secondary N) is 1. The average molecular weight is 433 g/mol. The highest BCUT2D eigenvalue weighted by atomic mass is 16.5. The van der Waals surface area contributed by atoms with Gasteiger partial charge in [-0.25, -0.2) is 0 Å². The Hall–Kier alpha value is -3.41. The number of carbonyl (C=O) groups excluding carboxylic acids is 2. The molecule has 0 saturated heterocycles. The molecule has 6 nitrogen and oxygen atoms in total. The molecule has 0 radical (unpaired) electrons. The number of methoxy groups -OCH3 is 2. The van der Waals surface area contributed by atoms with Crippen LogP contribution < -0.4 is 14.8 Å². The lowest BCUT2D eigenvalue weighted by atomic mass is 9.71. The molecular formula is C26H28N2O4. The minimum absolute atomic E-state index is 0.0547. The number of nitrogens with zero attached hydrogens (tertiary/aromatic N) is 1. The molecule has 0 aromatic heterocycles. The molecule has 1 amide bonds. The van der Waals surface area contributed by atoms with Crippen molar-refractivity contribution >= 4 is 23.1 Å². The Morgan fingerprint density at radius 3 is 2.56 bits per heavy atom. The molecule has 1 aliphatic carbocycles. The number of aliphatic imine (C=N–C) groups is 1. The lowest BCUT2D eigenvalue weighted by Gasteiger charge is -2.35. The Bertz CT molecular complexity index is 1130. The average Bonchev–Trinajstić information content (AvgIpc) is 2.79. The van der Waals surface area contributed by atoms with Gasteiger partial charge in [0.05, 0.1) is 20.1 Å². The number of amides is 1. The van der Waals surface area contributed by atoms with Crippen molar-refractivity contribution in [3.8, 4) is 11.5 Å². The van der Waals surface area contributed by atoms with Crippen molar-refractivity contribution in [1.29, 1.82) is 0 Å². The maximum atomic E-state index is 13.6. The molecule has 166 valence electrons. The summed E-state index contributed by atoms with van der Waals surface area (Å²) in [6, 6.07) is 13.2. The number of para-hydroxylation sites is 1. The van der Waals surface area contributed by atoms with Crippen LogP contribution in [0.5, 0.6) is 11.5 Å². The fourth-order valence-corrected chi connectivity index (χ4v) is 4.68. The topological polar surface area (TPSA) is 77.0 Å². The van der Waals surface area contributed by atoms with Crippen LogP contribution in [0, 0.1) is 12.8 Å².